The van der Waals surface area contributed by atoms with E-state index in [1.54, 1.807) is 39.6 Å². The maximum atomic E-state index is 9.85. The van der Waals surface area contributed by atoms with Gasteiger partial charge < -0.3 is 20.1 Å². The van der Waals surface area contributed by atoms with Crippen LogP contribution in [0.4, 0.5) is 23.1 Å². The molecule has 0 bridgehead atoms. The van der Waals surface area contributed by atoms with E-state index in [4.69, 9.17) is 9.47 Å². The molecule has 0 aliphatic carbocycles. The number of methoxy groups -OCH3 is 2. The van der Waals surface area contributed by atoms with Gasteiger partial charge in [-0.2, -0.15) is 20.3 Å². The Hall–Kier alpha value is -4.46. The third-order valence-corrected chi connectivity index (χ3v) is 5.01. The summed E-state index contributed by atoms with van der Waals surface area (Å²) in [6.45, 7) is 4.08. The molecule has 3 heterocycles. The predicted octanol–water partition coefficient (Wildman–Crippen LogP) is 3.42. The van der Waals surface area contributed by atoms with Gasteiger partial charge >= 0.3 is 0 Å². The zero-order valence-corrected chi connectivity index (χ0v) is 20.4. The lowest BCUT2D eigenvalue weighted by molar-refractivity contribution is 0.197. The van der Waals surface area contributed by atoms with Crippen LogP contribution in [-0.4, -0.2) is 65.3 Å². The van der Waals surface area contributed by atoms with Crippen LogP contribution in [0, 0.1) is 29.6 Å². The van der Waals surface area contributed by atoms with E-state index in [0.717, 1.165) is 12.8 Å². The van der Waals surface area contributed by atoms with Gasteiger partial charge in [0.25, 0.3) is 5.95 Å². The molecule has 0 spiro atoms. The molecule has 13 nitrogen and oxygen atoms in total. The fourth-order valence-corrected chi connectivity index (χ4v) is 3.21. The van der Waals surface area contributed by atoms with E-state index in [1.165, 1.54) is 10.9 Å². The van der Waals surface area contributed by atoms with Crippen LogP contribution in [0.1, 0.15) is 29.5 Å². The van der Waals surface area contributed by atoms with Crippen LogP contribution in [0.25, 0.3) is 5.95 Å². The second-order valence-electron chi connectivity index (χ2n) is 7.47. The Balaban J connectivity index is 2.03. The molecule has 3 rings (SSSR count). The minimum Gasteiger partial charge on any atom is -0.385 e. The van der Waals surface area contributed by atoms with Crippen LogP contribution < -0.4 is 10.6 Å². The summed E-state index contributed by atoms with van der Waals surface area (Å²) in [6, 6.07) is 5.93. The molecular formula is C23H27N11O2. The van der Waals surface area contributed by atoms with E-state index < -0.39 is 0 Å². The highest BCUT2D eigenvalue weighted by Gasteiger charge is 2.19. The summed E-state index contributed by atoms with van der Waals surface area (Å²) in [6.07, 6.45) is 5.98. The lowest BCUT2D eigenvalue weighted by Gasteiger charge is -2.15. The molecule has 186 valence electrons. The Bertz CT molecular complexity index is 1260. The third-order valence-electron chi connectivity index (χ3n) is 5.01. The zero-order valence-electron chi connectivity index (χ0n) is 20.4. The summed E-state index contributed by atoms with van der Waals surface area (Å²) in [5, 5.41) is 38.8. The summed E-state index contributed by atoms with van der Waals surface area (Å²) in [5.41, 5.74) is 1.50. The Morgan fingerprint density at radius 1 is 0.972 bits per heavy atom. The molecule has 0 unspecified atom stereocenters. The highest BCUT2D eigenvalue weighted by Crippen LogP contribution is 2.35. The molecule has 0 amide bonds. The average molecular weight is 490 g/mol. The van der Waals surface area contributed by atoms with Crippen LogP contribution >= 0.6 is 0 Å². The van der Waals surface area contributed by atoms with Crippen LogP contribution in [0.5, 0.6) is 0 Å². The molecule has 3 aromatic rings. The quantitative estimate of drug-likeness (QED) is 0.268. The number of aromatic nitrogens is 5. The van der Waals surface area contributed by atoms with Crippen molar-refractivity contribution in [2.24, 2.45) is 10.2 Å². The van der Waals surface area contributed by atoms with Crippen LogP contribution in [0.2, 0.25) is 0 Å². The molecule has 0 radical (unpaired) electrons. The number of nitrogens with one attached hydrogen (secondary N) is 2. The molecule has 0 fully saturated rings. The molecule has 0 aliphatic heterocycles. The minimum atomic E-state index is 0.161. The summed E-state index contributed by atoms with van der Waals surface area (Å²) < 4.78 is 11.5. The van der Waals surface area contributed by atoms with Crippen LogP contribution in [0.3, 0.4) is 0 Å². The maximum absolute atomic E-state index is 9.85. The van der Waals surface area contributed by atoms with E-state index in [0.29, 0.717) is 54.8 Å². The fourth-order valence-electron chi connectivity index (χ4n) is 3.21. The van der Waals surface area contributed by atoms with E-state index in [9.17, 15) is 10.5 Å². The summed E-state index contributed by atoms with van der Waals surface area (Å²) >= 11 is 0. The van der Waals surface area contributed by atoms with E-state index in [-0.39, 0.29) is 17.3 Å². The topological polar surface area (TPSA) is 171 Å². The first-order valence-electron chi connectivity index (χ1n) is 11.2. The van der Waals surface area contributed by atoms with Gasteiger partial charge in [-0.15, -0.1) is 10.2 Å². The van der Waals surface area contributed by atoms with E-state index >= 15 is 0 Å². The number of pyridine rings is 1. The molecule has 0 atom stereocenters. The third kappa shape index (κ3) is 6.35. The number of anilines is 2. The first kappa shape index (κ1) is 26.2. The number of ether oxygens (including phenoxy) is 2. The van der Waals surface area contributed by atoms with Crippen LogP contribution in [0.15, 0.2) is 34.9 Å². The second kappa shape index (κ2) is 13.4. The van der Waals surface area contributed by atoms with E-state index in [1.807, 2.05) is 0 Å². The molecule has 13 heteroatoms. The van der Waals surface area contributed by atoms with Crippen molar-refractivity contribution in [3.63, 3.8) is 0 Å². The van der Waals surface area contributed by atoms with Crippen LogP contribution in [-0.2, 0) is 9.47 Å². The van der Waals surface area contributed by atoms with Crippen molar-refractivity contribution >= 4 is 23.1 Å². The molecular weight excluding hydrogens is 462 g/mol. The summed E-state index contributed by atoms with van der Waals surface area (Å²) in [5.74, 6) is 1.30. The SMILES string of the molecule is COCCCNc1nc(NCCCOC)c(/N=N/c2c(C#N)cnn2-c2ncccn2)c(C)c1C#N. The van der Waals surface area contributed by atoms with Crippen molar-refractivity contribution < 1.29 is 9.47 Å². The van der Waals surface area contributed by atoms with Crippen molar-refractivity contribution in [2.75, 3.05) is 51.2 Å². The number of nitrogens with zero attached hydrogens (tertiary/aromatic N) is 9. The minimum absolute atomic E-state index is 0.161. The Morgan fingerprint density at radius 3 is 2.25 bits per heavy atom. The molecule has 0 aliphatic rings. The normalized spacial score (nSPS) is 10.8. The first-order valence-corrected chi connectivity index (χ1v) is 11.2. The van der Waals surface area contributed by atoms with Gasteiger partial charge in [-0.3, -0.25) is 0 Å². The fraction of sp³-hybridized carbons (Fsp3) is 0.391. The standard InChI is InChI=1S/C23H27N11O2/c1-16-18(14-25)20(26-9-5-11-35-2)31-21(27-10-6-12-36-3)19(16)32-33-22-17(13-24)15-30-34(22)23-28-7-4-8-29-23/h4,7-8,15H,5-6,9-12H2,1-3H3,(H2,26,27,31)/b33-32+. The Kier molecular flexibility index (Phi) is 9.76. The first-order chi connectivity index (χ1) is 17.6. The second-order valence-corrected chi connectivity index (χ2v) is 7.47. The maximum Gasteiger partial charge on any atom is 0.252 e. The highest BCUT2D eigenvalue weighted by atomic mass is 16.5. The number of hydrogen-bond acceptors (Lipinski definition) is 12. The molecule has 0 saturated heterocycles. The van der Waals surface area contributed by atoms with Gasteiger partial charge in [-0.05, 0) is 25.8 Å². The predicted molar refractivity (Wildman–Crippen MR) is 132 cm³/mol. The number of rotatable bonds is 13. The van der Waals surface area contributed by atoms with Crippen molar-refractivity contribution in [1.82, 2.24) is 24.7 Å². The summed E-state index contributed by atoms with van der Waals surface area (Å²) in [4.78, 5) is 13.0. The molecule has 0 aromatic carbocycles. The molecule has 2 N–H and O–H groups in total. The summed E-state index contributed by atoms with van der Waals surface area (Å²) in [7, 11) is 3.27. The zero-order chi connectivity index (χ0) is 25.8. The lowest BCUT2D eigenvalue weighted by atomic mass is 10.1. The van der Waals surface area contributed by atoms with Crippen molar-refractivity contribution in [1.29, 1.82) is 10.5 Å². The average Bonchev–Trinajstić information content (AvgIpc) is 3.32. The highest BCUT2D eigenvalue weighted by molar-refractivity contribution is 5.74. The largest absolute Gasteiger partial charge is 0.385 e. The molecule has 0 saturated carbocycles. The van der Waals surface area contributed by atoms with Crippen molar-refractivity contribution in [3.05, 3.63) is 41.3 Å². The molecule has 3 aromatic heterocycles. The van der Waals surface area contributed by atoms with Gasteiger partial charge in [-0.25, -0.2) is 15.0 Å². The molecule has 36 heavy (non-hydrogen) atoms. The van der Waals surface area contributed by atoms with Gasteiger partial charge in [0.1, 0.15) is 29.2 Å². The lowest BCUT2D eigenvalue weighted by Crippen LogP contribution is -2.12. The number of nitriles is 2. The Labute approximate surface area is 208 Å². The van der Waals surface area contributed by atoms with Crippen molar-refractivity contribution in [3.8, 4) is 18.1 Å². The van der Waals surface area contributed by atoms with Crippen molar-refractivity contribution in [2.45, 2.75) is 19.8 Å². The van der Waals surface area contributed by atoms with E-state index in [2.05, 4.69) is 53.1 Å². The number of hydrogen-bond donors (Lipinski definition) is 2. The Morgan fingerprint density at radius 2 is 1.64 bits per heavy atom. The van der Waals surface area contributed by atoms with Gasteiger partial charge in [0, 0.05) is 58.5 Å². The van der Waals surface area contributed by atoms with Gasteiger partial charge in [0.05, 0.1) is 11.8 Å². The monoisotopic (exact) mass is 489 g/mol. The number of azo groups is 1. The van der Waals surface area contributed by atoms with Gasteiger partial charge in [-0.1, -0.05) is 0 Å². The smallest absolute Gasteiger partial charge is 0.252 e. The van der Waals surface area contributed by atoms with Gasteiger partial charge in [0.2, 0.25) is 0 Å². The van der Waals surface area contributed by atoms with Gasteiger partial charge in [0.15, 0.2) is 11.6 Å².